The number of ketones is 1. The topological polar surface area (TPSA) is 68.5 Å². The van der Waals surface area contributed by atoms with Crippen molar-refractivity contribution < 1.29 is 13.9 Å². The second-order valence-electron chi connectivity index (χ2n) is 7.12. The molecule has 1 N–H and O–H groups in total. The minimum atomic E-state index is -1.02. The third-order valence-corrected chi connectivity index (χ3v) is 4.61. The Morgan fingerprint density at radius 1 is 0.963 bits per heavy atom. The van der Waals surface area contributed by atoms with Gasteiger partial charge in [0.2, 0.25) is 5.78 Å². The Bertz CT molecular complexity index is 1140. The van der Waals surface area contributed by atoms with Gasteiger partial charge in [0.1, 0.15) is 11.3 Å². The van der Waals surface area contributed by atoms with E-state index in [0.717, 1.165) is 16.6 Å². The summed E-state index contributed by atoms with van der Waals surface area (Å²) in [5, 5.41) is 3.90. The van der Waals surface area contributed by atoms with Crippen LogP contribution in [0.2, 0.25) is 0 Å². The highest BCUT2D eigenvalue weighted by molar-refractivity contribution is 6.28. The Balaban J connectivity index is 1.91. The summed E-state index contributed by atoms with van der Waals surface area (Å²) in [5.74, 6) is 0.326. The standard InChI is InChI=1S/C22H19NO4/c1-13-4-8-15(9-5-13)23-12-16-19-17(27-22(2,3)21(16)25)10-6-14-7-11-18(24)26-20(14)19/h4-12,23H,1-3H3. The Labute approximate surface area is 156 Å². The molecule has 5 nitrogen and oxygen atoms in total. The smallest absolute Gasteiger partial charge is 0.336 e. The first-order valence-electron chi connectivity index (χ1n) is 8.69. The van der Waals surface area contributed by atoms with Crippen LogP contribution in [-0.4, -0.2) is 11.4 Å². The third kappa shape index (κ3) is 3.01. The fourth-order valence-corrected chi connectivity index (χ4v) is 3.16. The van der Waals surface area contributed by atoms with E-state index in [9.17, 15) is 9.59 Å². The number of aryl methyl sites for hydroxylation is 1. The maximum absolute atomic E-state index is 13.1. The van der Waals surface area contributed by atoms with Crippen molar-refractivity contribution in [2.45, 2.75) is 26.4 Å². The molecular weight excluding hydrogens is 342 g/mol. The number of anilines is 1. The summed E-state index contributed by atoms with van der Waals surface area (Å²) < 4.78 is 11.3. The highest BCUT2D eigenvalue weighted by Gasteiger charge is 2.40. The lowest BCUT2D eigenvalue weighted by Gasteiger charge is -2.32. The van der Waals surface area contributed by atoms with Gasteiger partial charge in [0, 0.05) is 23.3 Å². The number of benzene rings is 2. The number of Topliss-reactive ketones (excluding diaryl/α,β-unsaturated/α-hetero) is 1. The number of carbonyl (C=O) groups is 1. The van der Waals surface area contributed by atoms with Gasteiger partial charge >= 0.3 is 5.63 Å². The maximum Gasteiger partial charge on any atom is 0.336 e. The van der Waals surface area contributed by atoms with Crippen LogP contribution in [0.15, 0.2) is 63.9 Å². The Morgan fingerprint density at radius 3 is 2.41 bits per heavy atom. The molecular formula is C22H19NO4. The molecule has 0 spiro atoms. The van der Waals surface area contributed by atoms with Gasteiger partial charge in [0.25, 0.3) is 0 Å². The van der Waals surface area contributed by atoms with Crippen molar-refractivity contribution in [2.75, 3.05) is 5.32 Å². The van der Waals surface area contributed by atoms with Gasteiger partial charge in [-0.25, -0.2) is 4.79 Å². The molecule has 2 heterocycles. The summed E-state index contributed by atoms with van der Waals surface area (Å²) in [6, 6.07) is 14.5. The van der Waals surface area contributed by atoms with Crippen molar-refractivity contribution in [1.29, 1.82) is 0 Å². The number of hydrogen-bond acceptors (Lipinski definition) is 5. The molecule has 5 heteroatoms. The zero-order valence-corrected chi connectivity index (χ0v) is 15.3. The largest absolute Gasteiger partial charge is 0.479 e. The van der Waals surface area contributed by atoms with Gasteiger partial charge in [0.15, 0.2) is 5.60 Å². The Kier molecular flexibility index (Phi) is 3.88. The predicted octanol–water partition coefficient (Wildman–Crippen LogP) is 4.29. The van der Waals surface area contributed by atoms with Crippen LogP contribution < -0.4 is 15.7 Å². The van der Waals surface area contributed by atoms with Gasteiger partial charge in [-0.05, 0) is 51.1 Å². The van der Waals surface area contributed by atoms with Gasteiger partial charge in [-0.15, -0.1) is 0 Å². The highest BCUT2D eigenvalue weighted by Crippen LogP contribution is 2.41. The molecule has 3 aromatic rings. The van der Waals surface area contributed by atoms with E-state index >= 15 is 0 Å². The second-order valence-corrected chi connectivity index (χ2v) is 7.12. The van der Waals surface area contributed by atoms with Crippen molar-refractivity contribution in [2.24, 2.45) is 0 Å². The fraction of sp³-hybridized carbons (Fsp3) is 0.182. The number of fused-ring (bicyclic) bond motifs is 3. The second kappa shape index (κ2) is 6.13. The van der Waals surface area contributed by atoms with E-state index < -0.39 is 11.2 Å². The van der Waals surface area contributed by atoms with E-state index in [1.165, 1.54) is 6.07 Å². The van der Waals surface area contributed by atoms with Gasteiger partial charge in [-0.3, -0.25) is 4.79 Å². The Morgan fingerprint density at radius 2 is 1.67 bits per heavy atom. The molecule has 0 bridgehead atoms. The molecule has 136 valence electrons. The first-order valence-corrected chi connectivity index (χ1v) is 8.69. The van der Waals surface area contributed by atoms with Crippen LogP contribution in [0.4, 0.5) is 5.69 Å². The molecule has 2 aromatic carbocycles. The van der Waals surface area contributed by atoms with E-state index in [2.05, 4.69) is 5.32 Å². The molecule has 0 saturated carbocycles. The van der Waals surface area contributed by atoms with E-state index in [0.29, 0.717) is 22.5 Å². The fourth-order valence-electron chi connectivity index (χ4n) is 3.16. The number of rotatable bonds is 2. The molecule has 0 aliphatic carbocycles. The molecule has 0 saturated heterocycles. The van der Waals surface area contributed by atoms with E-state index in [4.69, 9.17) is 9.15 Å². The monoisotopic (exact) mass is 361 g/mol. The highest BCUT2D eigenvalue weighted by atomic mass is 16.5. The zero-order valence-electron chi connectivity index (χ0n) is 15.3. The summed E-state index contributed by atoms with van der Waals surface area (Å²) in [5.41, 5.74) is 1.77. The average Bonchev–Trinajstić information content (AvgIpc) is 2.63. The van der Waals surface area contributed by atoms with Gasteiger partial charge in [-0.1, -0.05) is 17.7 Å². The van der Waals surface area contributed by atoms with Crippen LogP contribution in [0.5, 0.6) is 5.75 Å². The molecule has 4 rings (SSSR count). The molecule has 0 unspecified atom stereocenters. The van der Waals surface area contributed by atoms with E-state index in [1.807, 2.05) is 37.3 Å². The van der Waals surface area contributed by atoms with Crippen molar-refractivity contribution in [1.82, 2.24) is 0 Å². The van der Waals surface area contributed by atoms with Crippen molar-refractivity contribution >= 4 is 28.0 Å². The summed E-state index contributed by atoms with van der Waals surface area (Å²) in [6.07, 6.45) is 1.66. The molecule has 1 aliphatic heterocycles. The van der Waals surface area contributed by atoms with Crippen molar-refractivity contribution in [3.05, 3.63) is 76.3 Å². The molecule has 0 atom stereocenters. The van der Waals surface area contributed by atoms with Crippen molar-refractivity contribution in [3.8, 4) is 5.75 Å². The summed E-state index contributed by atoms with van der Waals surface area (Å²) in [4.78, 5) is 24.8. The van der Waals surface area contributed by atoms with Crippen LogP contribution in [0.3, 0.4) is 0 Å². The predicted molar refractivity (Wildman–Crippen MR) is 105 cm³/mol. The average molecular weight is 361 g/mol. The first kappa shape index (κ1) is 17.1. The quantitative estimate of drug-likeness (QED) is 0.545. The molecule has 0 amide bonds. The normalized spacial score (nSPS) is 16.9. The zero-order chi connectivity index (χ0) is 19.2. The summed E-state index contributed by atoms with van der Waals surface area (Å²) >= 11 is 0. The first-order chi connectivity index (χ1) is 12.8. The van der Waals surface area contributed by atoms with Crippen LogP contribution >= 0.6 is 0 Å². The van der Waals surface area contributed by atoms with E-state index in [-0.39, 0.29) is 5.78 Å². The maximum atomic E-state index is 13.1. The minimum Gasteiger partial charge on any atom is -0.479 e. The molecule has 1 aromatic heterocycles. The van der Waals surface area contributed by atoms with Gasteiger partial charge < -0.3 is 14.5 Å². The number of carbonyl (C=O) groups excluding carboxylic acids is 1. The van der Waals surface area contributed by atoms with Crippen molar-refractivity contribution in [3.63, 3.8) is 0 Å². The summed E-state index contributed by atoms with van der Waals surface area (Å²) in [6.45, 7) is 5.46. The molecule has 27 heavy (non-hydrogen) atoms. The SMILES string of the molecule is Cc1ccc(NC=C2C(=O)C(C)(C)Oc3ccc4ccc(=O)oc4c32)cc1. The minimum absolute atomic E-state index is 0.186. The lowest BCUT2D eigenvalue weighted by molar-refractivity contribution is -0.126. The van der Waals surface area contributed by atoms with E-state index in [1.54, 1.807) is 32.2 Å². The third-order valence-electron chi connectivity index (χ3n) is 4.61. The van der Waals surface area contributed by atoms with Crippen LogP contribution in [0, 0.1) is 6.92 Å². The molecule has 1 aliphatic rings. The van der Waals surface area contributed by atoms with Gasteiger partial charge in [0.05, 0.1) is 11.1 Å². The van der Waals surface area contributed by atoms with Crippen LogP contribution in [0.1, 0.15) is 25.0 Å². The number of nitrogens with one attached hydrogen (secondary N) is 1. The Hall–Kier alpha value is -3.34. The lowest BCUT2D eigenvalue weighted by atomic mass is 9.87. The summed E-state index contributed by atoms with van der Waals surface area (Å²) in [7, 11) is 0. The van der Waals surface area contributed by atoms with Crippen LogP contribution in [-0.2, 0) is 4.79 Å². The molecule has 0 radical (unpaired) electrons. The molecule has 0 fully saturated rings. The number of hydrogen-bond donors (Lipinski definition) is 1. The van der Waals surface area contributed by atoms with Gasteiger partial charge in [-0.2, -0.15) is 0 Å². The van der Waals surface area contributed by atoms with Crippen LogP contribution in [0.25, 0.3) is 16.5 Å². The lowest BCUT2D eigenvalue weighted by Crippen LogP contribution is -2.42. The number of ether oxygens (including phenoxy) is 1.